The van der Waals surface area contributed by atoms with Crippen molar-refractivity contribution in [3.8, 4) is 5.75 Å². The van der Waals surface area contributed by atoms with Crippen LogP contribution in [0.1, 0.15) is 20.8 Å². The van der Waals surface area contributed by atoms with E-state index in [0.29, 0.717) is 10.8 Å². The minimum absolute atomic E-state index is 0.0972. The first-order valence-corrected chi connectivity index (χ1v) is 5.99. The lowest BCUT2D eigenvalue weighted by atomic mass is 10.2. The third-order valence-corrected chi connectivity index (χ3v) is 2.30. The van der Waals surface area contributed by atoms with E-state index in [1.165, 1.54) is 0 Å². The fourth-order valence-corrected chi connectivity index (χ4v) is 1.59. The van der Waals surface area contributed by atoms with Gasteiger partial charge in [0.05, 0.1) is 12.1 Å². The Morgan fingerprint density at radius 1 is 1.39 bits per heavy atom. The first-order chi connectivity index (χ1) is 8.31. The highest BCUT2D eigenvalue weighted by Gasteiger charge is 2.15. The third kappa shape index (κ3) is 4.84. The zero-order chi connectivity index (χ0) is 13.8. The first kappa shape index (κ1) is 14.6. The number of halogens is 1. The van der Waals surface area contributed by atoms with Gasteiger partial charge in [-0.3, -0.25) is 4.79 Å². The van der Waals surface area contributed by atoms with Gasteiger partial charge in [-0.05, 0) is 39.0 Å². The van der Waals surface area contributed by atoms with Crippen molar-refractivity contribution >= 4 is 23.3 Å². The lowest BCUT2D eigenvalue weighted by molar-refractivity contribution is -0.152. The maximum absolute atomic E-state index is 11.5. The Labute approximate surface area is 112 Å². The molecule has 0 amide bonds. The Bertz CT molecular complexity index is 427. The van der Waals surface area contributed by atoms with Gasteiger partial charge in [-0.15, -0.1) is 0 Å². The molecule has 18 heavy (non-hydrogen) atoms. The van der Waals surface area contributed by atoms with Crippen molar-refractivity contribution < 1.29 is 14.3 Å². The molecule has 0 atom stereocenters. The number of carbonyl (C=O) groups is 1. The van der Waals surface area contributed by atoms with E-state index in [1.54, 1.807) is 25.3 Å². The van der Waals surface area contributed by atoms with Crippen LogP contribution in [-0.2, 0) is 9.53 Å². The molecule has 1 rings (SSSR count). The van der Waals surface area contributed by atoms with E-state index >= 15 is 0 Å². The molecule has 0 fully saturated rings. The summed E-state index contributed by atoms with van der Waals surface area (Å²) in [6.45, 7) is 5.58. The van der Waals surface area contributed by atoms with Crippen LogP contribution in [0.15, 0.2) is 18.2 Å². The van der Waals surface area contributed by atoms with Gasteiger partial charge in [0.1, 0.15) is 17.9 Å². The molecular weight excluding hydrogens is 254 g/mol. The van der Waals surface area contributed by atoms with Crippen LogP contribution in [0.25, 0.3) is 0 Å². The van der Waals surface area contributed by atoms with Crippen LogP contribution >= 0.6 is 11.6 Å². The maximum atomic E-state index is 11.5. The van der Waals surface area contributed by atoms with Crippen LogP contribution < -0.4 is 10.1 Å². The molecular formula is C13H18ClNO3. The molecule has 1 aromatic rings. The Kier molecular flexibility index (Phi) is 4.84. The number of carbonyl (C=O) groups excluding carboxylic acids is 1. The molecule has 4 nitrogen and oxygen atoms in total. The van der Waals surface area contributed by atoms with Crippen molar-refractivity contribution in [3.63, 3.8) is 0 Å². The van der Waals surface area contributed by atoms with Gasteiger partial charge in [0.2, 0.25) is 0 Å². The molecule has 5 heteroatoms. The predicted molar refractivity (Wildman–Crippen MR) is 72.3 cm³/mol. The monoisotopic (exact) mass is 271 g/mol. The van der Waals surface area contributed by atoms with E-state index in [1.807, 2.05) is 20.8 Å². The molecule has 1 N–H and O–H groups in total. The van der Waals surface area contributed by atoms with Crippen LogP contribution in [0, 0.1) is 0 Å². The van der Waals surface area contributed by atoms with Crippen molar-refractivity contribution in [1.29, 1.82) is 0 Å². The van der Waals surface area contributed by atoms with Crippen molar-refractivity contribution in [2.75, 3.05) is 19.0 Å². The molecule has 0 aliphatic rings. The van der Waals surface area contributed by atoms with Gasteiger partial charge >= 0.3 is 5.97 Å². The number of hydrogen-bond acceptors (Lipinski definition) is 4. The second-order valence-electron chi connectivity index (χ2n) is 4.79. The van der Waals surface area contributed by atoms with Gasteiger partial charge in [0, 0.05) is 5.69 Å². The number of anilines is 1. The summed E-state index contributed by atoms with van der Waals surface area (Å²) in [5.74, 6) is 0.286. The van der Waals surface area contributed by atoms with Crippen LogP contribution in [0.3, 0.4) is 0 Å². The van der Waals surface area contributed by atoms with Gasteiger partial charge in [0.15, 0.2) is 0 Å². The second kappa shape index (κ2) is 5.96. The quantitative estimate of drug-likeness (QED) is 0.855. The van der Waals surface area contributed by atoms with Crippen LogP contribution in [0.5, 0.6) is 5.75 Å². The fourth-order valence-electron chi connectivity index (χ4n) is 1.33. The van der Waals surface area contributed by atoms with Crippen molar-refractivity contribution in [1.82, 2.24) is 0 Å². The summed E-state index contributed by atoms with van der Waals surface area (Å²) >= 11 is 5.97. The van der Waals surface area contributed by atoms with Gasteiger partial charge in [-0.1, -0.05) is 11.6 Å². The molecule has 0 spiro atoms. The molecule has 100 valence electrons. The normalized spacial score (nSPS) is 10.9. The summed E-state index contributed by atoms with van der Waals surface area (Å²) in [5.41, 5.74) is 0.266. The third-order valence-electron chi connectivity index (χ3n) is 2.01. The number of benzene rings is 1. The first-order valence-electron chi connectivity index (χ1n) is 5.61. The number of ether oxygens (including phenoxy) is 2. The Balaban J connectivity index is 2.54. The highest BCUT2D eigenvalue weighted by molar-refractivity contribution is 6.32. The topological polar surface area (TPSA) is 47.6 Å². The minimum Gasteiger partial charge on any atom is -0.495 e. The zero-order valence-electron chi connectivity index (χ0n) is 11.0. The standard InChI is InChI=1S/C13H18ClNO3/c1-13(2,3)18-12(16)8-15-9-5-6-11(17-4)10(14)7-9/h5-7,15H,8H2,1-4H3. The predicted octanol–water partition coefficient (Wildman–Crippen LogP) is 3.10. The second-order valence-corrected chi connectivity index (χ2v) is 5.20. The van der Waals surface area contributed by atoms with E-state index in [0.717, 1.165) is 5.69 Å². The molecule has 1 aromatic carbocycles. The fraction of sp³-hybridized carbons (Fsp3) is 0.462. The van der Waals surface area contributed by atoms with E-state index in [9.17, 15) is 4.79 Å². The molecule has 0 saturated carbocycles. The van der Waals surface area contributed by atoms with E-state index in [2.05, 4.69) is 5.32 Å². The van der Waals surface area contributed by atoms with Crippen molar-refractivity contribution in [2.45, 2.75) is 26.4 Å². The summed E-state index contributed by atoms with van der Waals surface area (Å²) < 4.78 is 10.2. The molecule has 0 aromatic heterocycles. The summed E-state index contributed by atoms with van der Waals surface area (Å²) in [4.78, 5) is 11.5. The highest BCUT2D eigenvalue weighted by atomic mass is 35.5. The smallest absolute Gasteiger partial charge is 0.325 e. The lowest BCUT2D eigenvalue weighted by Gasteiger charge is -2.19. The number of methoxy groups -OCH3 is 1. The van der Waals surface area contributed by atoms with E-state index in [-0.39, 0.29) is 12.5 Å². The molecule has 0 unspecified atom stereocenters. The minimum atomic E-state index is -0.476. The number of nitrogens with one attached hydrogen (secondary N) is 1. The molecule has 0 bridgehead atoms. The zero-order valence-corrected chi connectivity index (χ0v) is 11.8. The summed E-state index contributed by atoms with van der Waals surface area (Å²) in [7, 11) is 1.55. The molecule has 0 radical (unpaired) electrons. The molecule has 0 aliphatic heterocycles. The van der Waals surface area contributed by atoms with E-state index < -0.39 is 5.60 Å². The summed E-state index contributed by atoms with van der Waals surface area (Å²) in [6, 6.07) is 5.22. The van der Waals surface area contributed by atoms with Gasteiger partial charge < -0.3 is 14.8 Å². The Morgan fingerprint density at radius 3 is 2.56 bits per heavy atom. The number of hydrogen-bond donors (Lipinski definition) is 1. The Morgan fingerprint density at radius 2 is 2.06 bits per heavy atom. The molecule has 0 heterocycles. The van der Waals surface area contributed by atoms with Crippen molar-refractivity contribution in [2.24, 2.45) is 0 Å². The van der Waals surface area contributed by atoms with Crippen LogP contribution in [0.2, 0.25) is 5.02 Å². The maximum Gasteiger partial charge on any atom is 0.325 e. The van der Waals surface area contributed by atoms with Gasteiger partial charge in [0.25, 0.3) is 0 Å². The Hall–Kier alpha value is -1.42. The van der Waals surface area contributed by atoms with Crippen LogP contribution in [0.4, 0.5) is 5.69 Å². The van der Waals surface area contributed by atoms with Gasteiger partial charge in [-0.25, -0.2) is 0 Å². The van der Waals surface area contributed by atoms with Crippen LogP contribution in [-0.4, -0.2) is 25.2 Å². The lowest BCUT2D eigenvalue weighted by Crippen LogP contribution is -2.28. The number of rotatable bonds is 4. The molecule has 0 aliphatic carbocycles. The van der Waals surface area contributed by atoms with E-state index in [4.69, 9.17) is 21.1 Å². The average molecular weight is 272 g/mol. The highest BCUT2D eigenvalue weighted by Crippen LogP contribution is 2.27. The van der Waals surface area contributed by atoms with Crippen molar-refractivity contribution in [3.05, 3.63) is 23.2 Å². The van der Waals surface area contributed by atoms with Gasteiger partial charge in [-0.2, -0.15) is 0 Å². The average Bonchev–Trinajstić information content (AvgIpc) is 2.24. The molecule has 0 saturated heterocycles. The number of esters is 1. The largest absolute Gasteiger partial charge is 0.495 e. The summed E-state index contributed by atoms with van der Waals surface area (Å²) in [6.07, 6.45) is 0. The summed E-state index contributed by atoms with van der Waals surface area (Å²) in [5, 5.41) is 3.44. The SMILES string of the molecule is COc1ccc(NCC(=O)OC(C)(C)C)cc1Cl.